The molecule has 0 N–H and O–H groups in total. The maximum absolute atomic E-state index is 5.67. The number of oxazole rings is 1. The van der Waals surface area contributed by atoms with Crippen LogP contribution in [-0.4, -0.2) is 36.5 Å². The highest BCUT2D eigenvalue weighted by Crippen LogP contribution is 2.43. The highest BCUT2D eigenvalue weighted by atomic mass is 32.1. The average molecular weight is 1650 g/mol. The van der Waals surface area contributed by atoms with Crippen LogP contribution in [0.2, 0.25) is 0 Å². The molecular formula is C109H175N7O2S. The van der Waals surface area contributed by atoms with Crippen molar-refractivity contribution in [2.75, 3.05) is 0 Å². The third-order valence-corrected chi connectivity index (χ3v) is 23.8. The lowest BCUT2D eigenvalue weighted by Crippen LogP contribution is -2.17. The highest BCUT2D eigenvalue weighted by molar-refractivity contribution is 7.11. The molecule has 0 spiro atoms. The molecule has 0 fully saturated rings. The summed E-state index contributed by atoms with van der Waals surface area (Å²) in [5, 5.41) is 5.52. The zero-order valence-corrected chi connectivity index (χ0v) is 85.9. The topological polar surface area (TPSA) is 107 Å². The molecule has 6 aromatic heterocycles. The fraction of sp³-hybridized carbons (Fsp3) is 0.633. The summed E-state index contributed by atoms with van der Waals surface area (Å²) in [5.74, 6) is 2.74. The SMILES string of the molecule is CC(C)(C)C1=CCC=N1.CC(C)(C)c1cc2ncccc2o1.CC1=C(C(C)(C)C)C=CC1.CC1=C(C(C)(C)C)C=CC1.CC1=C(C(C)(C)C)CCC1.CC1=C(C(C)(C)C)CCC1.CC1=C(C(C)(C)C)CCC1.CC1=NC(C)=C(C(C)(C)C)C1.Cc1cc(C(C)(C)C)n2nccc2c1.Cc1nc(C)c(C(C)(C)C)o1.Cc1nc(C)c(C(C)(C)C)s1. The van der Waals surface area contributed by atoms with Crippen molar-refractivity contribution < 1.29 is 8.83 Å². The van der Waals surface area contributed by atoms with Crippen LogP contribution < -0.4 is 0 Å². The van der Waals surface area contributed by atoms with Gasteiger partial charge in [0.2, 0.25) is 0 Å². The van der Waals surface area contributed by atoms with Crippen molar-refractivity contribution in [1.82, 2.24) is 24.6 Å². The molecule has 5 aliphatic carbocycles. The zero-order chi connectivity index (χ0) is 91.5. The van der Waals surface area contributed by atoms with Crippen molar-refractivity contribution in [3.8, 4) is 0 Å². The summed E-state index contributed by atoms with van der Waals surface area (Å²) in [6, 6.07) is 12.2. The van der Waals surface area contributed by atoms with E-state index in [0.717, 1.165) is 59.9 Å². The van der Waals surface area contributed by atoms with Crippen LogP contribution in [-0.2, 0) is 21.7 Å². The van der Waals surface area contributed by atoms with E-state index < -0.39 is 0 Å². The molecule has 0 atom stereocenters. The average Bonchev–Trinajstić information content (AvgIpc) is 1.73. The number of nitrogens with zero attached hydrogens (tertiary/aromatic N) is 7. The molecule has 7 aliphatic rings. The van der Waals surface area contributed by atoms with Gasteiger partial charge in [-0.2, -0.15) is 5.10 Å². The molecule has 0 amide bonds. The van der Waals surface area contributed by atoms with Crippen molar-refractivity contribution in [3.05, 3.63) is 202 Å². The van der Waals surface area contributed by atoms with Gasteiger partial charge in [0.25, 0.3) is 0 Å². The number of rotatable bonds is 0. The second-order valence-electron chi connectivity index (χ2n) is 45.8. The number of hydrogen-bond acceptors (Lipinski definition) is 9. The number of fused-ring (bicyclic) bond motifs is 2. The lowest BCUT2D eigenvalue weighted by Gasteiger charge is -2.21. The maximum Gasteiger partial charge on any atom is 0.191 e. The molecule has 6 aromatic rings. The first-order valence-corrected chi connectivity index (χ1v) is 45.8. The first-order chi connectivity index (χ1) is 54.0. The Morgan fingerprint density at radius 2 is 0.882 bits per heavy atom. The Hall–Kier alpha value is -6.78. The van der Waals surface area contributed by atoms with Crippen LogP contribution in [0.15, 0.2) is 171 Å². The van der Waals surface area contributed by atoms with E-state index in [9.17, 15) is 0 Å². The third-order valence-electron chi connectivity index (χ3n) is 22.3. The van der Waals surface area contributed by atoms with Crippen LogP contribution >= 0.6 is 11.3 Å². The number of hydrogen-bond donors (Lipinski definition) is 0. The van der Waals surface area contributed by atoms with Gasteiger partial charge in [0.1, 0.15) is 17.0 Å². The largest absolute Gasteiger partial charge is 0.459 e. The molecule has 0 aromatic carbocycles. The van der Waals surface area contributed by atoms with Gasteiger partial charge in [-0.05, 0) is 237 Å². The zero-order valence-electron chi connectivity index (χ0n) is 85.1. The normalized spacial score (nSPS) is 16.5. The third kappa shape index (κ3) is 35.5. The molecule has 2 aliphatic heterocycles. The van der Waals surface area contributed by atoms with E-state index in [1.165, 1.54) is 135 Å². The van der Waals surface area contributed by atoms with Gasteiger partial charge in [0.05, 0.1) is 21.9 Å². The fourth-order valence-corrected chi connectivity index (χ4v) is 17.6. The van der Waals surface area contributed by atoms with Gasteiger partial charge < -0.3 is 8.83 Å². The Kier molecular flexibility index (Phi) is 38.9. The number of aliphatic imine (C=N–C) groups is 2. The van der Waals surface area contributed by atoms with E-state index >= 15 is 0 Å². The van der Waals surface area contributed by atoms with Crippen LogP contribution in [0.25, 0.3) is 16.6 Å². The maximum atomic E-state index is 5.67. The molecule has 0 bridgehead atoms. The summed E-state index contributed by atoms with van der Waals surface area (Å²) in [4.78, 5) is 22.9. The van der Waals surface area contributed by atoms with Gasteiger partial charge in [0.15, 0.2) is 11.5 Å². The predicted octanol–water partition coefficient (Wildman–Crippen LogP) is 34.5. The fourth-order valence-electron chi connectivity index (χ4n) is 16.6. The minimum absolute atomic E-state index is 0.0562. The van der Waals surface area contributed by atoms with Crippen LogP contribution in [0.1, 0.15) is 410 Å². The Balaban J connectivity index is 0.000000339. The van der Waals surface area contributed by atoms with Gasteiger partial charge >= 0.3 is 0 Å². The number of aryl methyl sites for hydroxylation is 5. The van der Waals surface area contributed by atoms with Crippen molar-refractivity contribution in [2.45, 2.75) is 417 Å². The molecule has 664 valence electrons. The van der Waals surface area contributed by atoms with Gasteiger partial charge in [-0.25, -0.2) is 14.5 Å². The second kappa shape index (κ2) is 43.5. The monoisotopic (exact) mass is 1650 g/mol. The van der Waals surface area contributed by atoms with Gasteiger partial charge in [-0.3, -0.25) is 15.0 Å². The Bertz CT molecular complexity index is 4410. The predicted molar refractivity (Wildman–Crippen MR) is 527 cm³/mol. The lowest BCUT2D eigenvalue weighted by atomic mass is 9.84. The van der Waals surface area contributed by atoms with Crippen molar-refractivity contribution in [3.63, 3.8) is 0 Å². The van der Waals surface area contributed by atoms with E-state index in [-0.39, 0.29) is 27.1 Å². The summed E-state index contributed by atoms with van der Waals surface area (Å²) < 4.78 is 13.2. The number of furan rings is 1. The lowest BCUT2D eigenvalue weighted by molar-refractivity contribution is 0.390. The van der Waals surface area contributed by atoms with E-state index in [0.29, 0.717) is 32.5 Å². The van der Waals surface area contributed by atoms with Gasteiger partial charge in [-0.15, -0.1) is 11.3 Å². The van der Waals surface area contributed by atoms with E-state index in [4.69, 9.17) is 8.83 Å². The molecule has 0 saturated heterocycles. The quantitative estimate of drug-likeness (QED) is 0.140. The van der Waals surface area contributed by atoms with Crippen molar-refractivity contribution in [2.24, 2.45) is 47.9 Å². The number of aromatic nitrogens is 5. The smallest absolute Gasteiger partial charge is 0.191 e. The first-order valence-electron chi connectivity index (χ1n) is 44.9. The summed E-state index contributed by atoms with van der Waals surface area (Å²) in [6.07, 6.45) is 33.4. The Morgan fingerprint density at radius 3 is 1.13 bits per heavy atom. The molecule has 8 heterocycles. The summed E-state index contributed by atoms with van der Waals surface area (Å²) in [7, 11) is 0. The number of allylic oxidation sites excluding steroid dienone is 18. The molecule has 10 heteroatoms. The van der Waals surface area contributed by atoms with Crippen LogP contribution in [0.4, 0.5) is 0 Å². The summed E-state index contributed by atoms with van der Waals surface area (Å²) in [6.45, 7) is 99.5. The number of pyridine rings is 2. The van der Waals surface area contributed by atoms with Gasteiger partial charge in [0, 0.05) is 93.8 Å². The molecule has 0 saturated carbocycles. The van der Waals surface area contributed by atoms with E-state index in [2.05, 4.69) is 370 Å². The number of thiazole rings is 1. The van der Waals surface area contributed by atoms with Crippen LogP contribution in [0, 0.1) is 72.5 Å². The van der Waals surface area contributed by atoms with Crippen LogP contribution in [0.3, 0.4) is 0 Å². The Morgan fingerprint density at radius 1 is 0.420 bits per heavy atom. The molecule has 0 unspecified atom stereocenters. The molecule has 9 nitrogen and oxygen atoms in total. The molecular weight excluding hydrogens is 1470 g/mol. The molecule has 119 heavy (non-hydrogen) atoms. The summed E-state index contributed by atoms with van der Waals surface area (Å²) >= 11 is 1.81. The Labute approximate surface area is 735 Å². The molecule has 13 rings (SSSR count). The van der Waals surface area contributed by atoms with Gasteiger partial charge in [-0.1, -0.05) is 303 Å². The first kappa shape index (κ1) is 106. The van der Waals surface area contributed by atoms with Crippen LogP contribution in [0.5, 0.6) is 0 Å². The summed E-state index contributed by atoms with van der Waals surface area (Å²) in [5.41, 5.74) is 32.2. The highest BCUT2D eigenvalue weighted by Gasteiger charge is 2.29. The minimum atomic E-state index is 0.0562. The van der Waals surface area contributed by atoms with E-state index in [1.54, 1.807) is 39.6 Å². The van der Waals surface area contributed by atoms with E-state index in [1.807, 2.05) is 66.4 Å². The van der Waals surface area contributed by atoms with Crippen molar-refractivity contribution in [1.29, 1.82) is 0 Å². The van der Waals surface area contributed by atoms with Crippen molar-refractivity contribution >= 4 is 39.9 Å². The minimum Gasteiger partial charge on any atom is -0.459 e. The molecule has 0 radical (unpaired) electrons. The standard InChI is InChI=1S/C12H16N2.C11H13NO.C10H17N.3C10H18.2C10H16.C9H15NO.C9H15NS.C8H13N/c1-9-7-10-5-6-13-14(10)11(8-9)12(2,3)4;1-11(2,3)10-7-8-9(13-10)5-4-6-12-8;1-7-6-9(8(2)11-7)10(3,4)5;5*1-8-6-5-7-9(8)10(2,3)4;2*1-6-8(9(3,4)5)11-7(2)10-6;1-8(2,3)7-5-4-6-9-7/h5-8H,1-4H3;4-7H,1-3H3;6H2,1-5H3;3*5-7H2,1-4H3;2*5,7H,6H2,1-4H3;2*1-5H3;5-6H,4H2,1-3H3. The second-order valence-corrected chi connectivity index (χ2v) is 47.0.